The highest BCUT2D eigenvalue weighted by Gasteiger charge is 2.11. The number of sulfone groups is 1. The van der Waals surface area contributed by atoms with Crippen LogP contribution in [0, 0.1) is 11.8 Å². The van der Waals surface area contributed by atoms with Gasteiger partial charge in [-0.2, -0.15) is 0 Å². The van der Waals surface area contributed by atoms with Gasteiger partial charge in [0.1, 0.15) is 9.84 Å². The zero-order valence-corrected chi connectivity index (χ0v) is 14.5. The summed E-state index contributed by atoms with van der Waals surface area (Å²) >= 11 is 0. The van der Waals surface area contributed by atoms with E-state index in [1.54, 1.807) is 0 Å². The lowest BCUT2D eigenvalue weighted by Gasteiger charge is -2.17. The van der Waals surface area contributed by atoms with Gasteiger partial charge in [0.25, 0.3) is 0 Å². The standard InChI is InChI=1S/C14H31N3O3S/c1-5-15-14(16-7-9-21(4,19)20)17-11-13(6-8-18)10-12(2)3/h12-13,18H,5-11H2,1-4H3,(H2,15,16,17). The van der Waals surface area contributed by atoms with E-state index in [-0.39, 0.29) is 12.4 Å². The minimum Gasteiger partial charge on any atom is -0.396 e. The van der Waals surface area contributed by atoms with Crippen molar-refractivity contribution in [3.8, 4) is 0 Å². The molecule has 1 unspecified atom stereocenters. The fraction of sp³-hybridized carbons (Fsp3) is 0.929. The molecule has 1 atom stereocenters. The third-order valence-electron chi connectivity index (χ3n) is 2.96. The molecule has 0 aliphatic heterocycles. The van der Waals surface area contributed by atoms with E-state index in [0.29, 0.717) is 30.9 Å². The number of hydrogen-bond donors (Lipinski definition) is 3. The molecule has 0 rings (SSSR count). The van der Waals surface area contributed by atoms with Gasteiger partial charge in [-0.3, -0.25) is 4.99 Å². The van der Waals surface area contributed by atoms with Gasteiger partial charge in [0, 0.05) is 32.5 Å². The minimum absolute atomic E-state index is 0.0868. The first-order chi connectivity index (χ1) is 9.78. The largest absolute Gasteiger partial charge is 0.396 e. The molecule has 0 aliphatic rings. The third kappa shape index (κ3) is 12.6. The Balaban J connectivity index is 4.46. The Labute approximate surface area is 129 Å². The molecule has 0 bridgehead atoms. The number of nitrogens with zero attached hydrogens (tertiary/aromatic N) is 1. The van der Waals surface area contributed by atoms with Gasteiger partial charge in [0.05, 0.1) is 5.75 Å². The van der Waals surface area contributed by atoms with Crippen LogP contribution < -0.4 is 10.6 Å². The predicted octanol–water partition coefficient (Wildman–Crippen LogP) is 0.631. The van der Waals surface area contributed by atoms with Crippen molar-refractivity contribution in [3.05, 3.63) is 0 Å². The molecule has 7 heteroatoms. The van der Waals surface area contributed by atoms with Crippen molar-refractivity contribution in [3.63, 3.8) is 0 Å². The van der Waals surface area contributed by atoms with Crippen LogP contribution >= 0.6 is 0 Å². The molecule has 0 fully saturated rings. The molecule has 0 saturated heterocycles. The van der Waals surface area contributed by atoms with Crippen LogP contribution in [0.1, 0.15) is 33.6 Å². The van der Waals surface area contributed by atoms with Crippen LogP contribution in [-0.2, 0) is 9.84 Å². The minimum atomic E-state index is -2.97. The zero-order chi connectivity index (χ0) is 16.3. The monoisotopic (exact) mass is 321 g/mol. The molecule has 6 nitrogen and oxygen atoms in total. The number of hydrogen-bond acceptors (Lipinski definition) is 4. The van der Waals surface area contributed by atoms with E-state index in [0.717, 1.165) is 19.4 Å². The molecule has 0 radical (unpaired) electrons. The van der Waals surface area contributed by atoms with Crippen molar-refractivity contribution in [2.75, 3.05) is 38.2 Å². The summed E-state index contributed by atoms with van der Waals surface area (Å²) in [6.45, 7) is 8.15. The van der Waals surface area contributed by atoms with E-state index >= 15 is 0 Å². The lowest BCUT2D eigenvalue weighted by molar-refractivity contribution is 0.245. The molecule has 0 aliphatic carbocycles. The SMILES string of the molecule is CCNC(=NCC(CCO)CC(C)C)NCCS(C)(=O)=O. The Kier molecular flexibility index (Phi) is 10.4. The topological polar surface area (TPSA) is 90.8 Å². The molecule has 126 valence electrons. The van der Waals surface area contributed by atoms with Crippen LogP contribution in [0.3, 0.4) is 0 Å². The van der Waals surface area contributed by atoms with Crippen LogP contribution in [-0.4, -0.2) is 57.7 Å². The molecule has 0 aromatic rings. The molecule has 0 aromatic carbocycles. The Hall–Kier alpha value is -0.820. The van der Waals surface area contributed by atoms with Gasteiger partial charge in [-0.15, -0.1) is 0 Å². The molecular formula is C14H31N3O3S. The van der Waals surface area contributed by atoms with E-state index in [4.69, 9.17) is 5.11 Å². The Morgan fingerprint density at radius 2 is 1.95 bits per heavy atom. The van der Waals surface area contributed by atoms with Crippen molar-refractivity contribution in [2.24, 2.45) is 16.8 Å². The lowest BCUT2D eigenvalue weighted by atomic mass is 9.94. The van der Waals surface area contributed by atoms with Gasteiger partial charge >= 0.3 is 0 Å². The Morgan fingerprint density at radius 3 is 2.43 bits per heavy atom. The lowest BCUT2D eigenvalue weighted by Crippen LogP contribution is -2.39. The van der Waals surface area contributed by atoms with Crippen LogP contribution in [0.15, 0.2) is 4.99 Å². The van der Waals surface area contributed by atoms with Crippen LogP contribution in [0.5, 0.6) is 0 Å². The number of aliphatic hydroxyl groups excluding tert-OH is 1. The number of rotatable bonds is 10. The highest BCUT2D eigenvalue weighted by Crippen LogP contribution is 2.15. The van der Waals surface area contributed by atoms with Gasteiger partial charge < -0.3 is 15.7 Å². The van der Waals surface area contributed by atoms with Crippen molar-refractivity contribution < 1.29 is 13.5 Å². The second-order valence-corrected chi connectivity index (χ2v) is 8.04. The second-order valence-electron chi connectivity index (χ2n) is 5.78. The first kappa shape index (κ1) is 20.2. The highest BCUT2D eigenvalue weighted by molar-refractivity contribution is 7.90. The molecule has 0 aromatic heterocycles. The zero-order valence-electron chi connectivity index (χ0n) is 13.7. The van der Waals surface area contributed by atoms with Gasteiger partial charge in [-0.05, 0) is 31.6 Å². The number of aliphatic hydroxyl groups is 1. The summed E-state index contributed by atoms with van der Waals surface area (Å²) in [7, 11) is -2.97. The molecule has 0 heterocycles. The fourth-order valence-electron chi connectivity index (χ4n) is 2.05. The molecule has 0 saturated carbocycles. The predicted molar refractivity (Wildman–Crippen MR) is 88.3 cm³/mol. The maximum Gasteiger partial charge on any atom is 0.191 e. The van der Waals surface area contributed by atoms with Gasteiger partial charge in [-0.25, -0.2) is 8.42 Å². The average molecular weight is 321 g/mol. The molecular weight excluding hydrogens is 290 g/mol. The van der Waals surface area contributed by atoms with Crippen molar-refractivity contribution >= 4 is 15.8 Å². The van der Waals surface area contributed by atoms with Crippen LogP contribution in [0.25, 0.3) is 0 Å². The number of aliphatic imine (C=N–C) groups is 1. The summed E-state index contributed by atoms with van der Waals surface area (Å²) in [5.41, 5.74) is 0. The Morgan fingerprint density at radius 1 is 1.29 bits per heavy atom. The summed E-state index contributed by atoms with van der Waals surface area (Å²) in [5.74, 6) is 1.63. The van der Waals surface area contributed by atoms with Gasteiger partial charge in [0.2, 0.25) is 0 Å². The summed E-state index contributed by atoms with van der Waals surface area (Å²) in [4.78, 5) is 4.49. The summed E-state index contributed by atoms with van der Waals surface area (Å²) < 4.78 is 22.2. The smallest absolute Gasteiger partial charge is 0.191 e. The third-order valence-corrected chi connectivity index (χ3v) is 3.90. The summed E-state index contributed by atoms with van der Waals surface area (Å²) in [6.07, 6.45) is 2.98. The van der Waals surface area contributed by atoms with Gasteiger partial charge in [0.15, 0.2) is 5.96 Å². The van der Waals surface area contributed by atoms with E-state index < -0.39 is 9.84 Å². The molecule has 0 spiro atoms. The van der Waals surface area contributed by atoms with Crippen LogP contribution in [0.4, 0.5) is 0 Å². The Bertz CT molecular complexity index is 394. The highest BCUT2D eigenvalue weighted by atomic mass is 32.2. The van der Waals surface area contributed by atoms with E-state index in [1.807, 2.05) is 6.92 Å². The molecule has 0 amide bonds. The molecule has 21 heavy (non-hydrogen) atoms. The van der Waals surface area contributed by atoms with Gasteiger partial charge in [-0.1, -0.05) is 13.8 Å². The quantitative estimate of drug-likeness (QED) is 0.405. The summed E-state index contributed by atoms with van der Waals surface area (Å²) in [5, 5.41) is 15.2. The van der Waals surface area contributed by atoms with E-state index in [2.05, 4.69) is 29.5 Å². The first-order valence-corrected chi connectivity index (χ1v) is 9.65. The van der Waals surface area contributed by atoms with E-state index in [1.165, 1.54) is 6.26 Å². The first-order valence-electron chi connectivity index (χ1n) is 7.59. The second kappa shape index (κ2) is 10.8. The molecule has 3 N–H and O–H groups in total. The van der Waals surface area contributed by atoms with Crippen molar-refractivity contribution in [1.82, 2.24) is 10.6 Å². The average Bonchev–Trinajstić information content (AvgIpc) is 2.33. The summed E-state index contributed by atoms with van der Waals surface area (Å²) in [6, 6.07) is 0. The number of guanidine groups is 1. The maximum atomic E-state index is 11.1. The van der Waals surface area contributed by atoms with E-state index in [9.17, 15) is 8.42 Å². The fourth-order valence-corrected chi connectivity index (χ4v) is 2.52. The number of nitrogens with one attached hydrogen (secondary N) is 2. The van der Waals surface area contributed by atoms with Crippen molar-refractivity contribution in [2.45, 2.75) is 33.6 Å². The van der Waals surface area contributed by atoms with Crippen molar-refractivity contribution in [1.29, 1.82) is 0 Å². The normalized spacial score (nSPS) is 14.3. The van der Waals surface area contributed by atoms with Crippen LogP contribution in [0.2, 0.25) is 0 Å². The maximum absolute atomic E-state index is 11.1.